The minimum absolute atomic E-state index is 0.399. The fourth-order valence-corrected chi connectivity index (χ4v) is 2.24. The third-order valence-electron chi connectivity index (χ3n) is 3.48. The van der Waals surface area contributed by atoms with Crippen LogP contribution in [-0.4, -0.2) is 22.3 Å². The molecule has 3 rings (SSSR count). The van der Waals surface area contributed by atoms with E-state index >= 15 is 0 Å². The monoisotopic (exact) mass is 321 g/mol. The lowest BCUT2D eigenvalue weighted by atomic mass is 10.2. The zero-order valence-corrected chi connectivity index (χ0v) is 13.9. The molecule has 122 valence electrons. The van der Waals surface area contributed by atoms with E-state index in [-0.39, 0.29) is 0 Å². The van der Waals surface area contributed by atoms with Gasteiger partial charge in [0, 0.05) is 5.69 Å². The molecule has 0 amide bonds. The normalized spacial score (nSPS) is 10.3. The highest BCUT2D eigenvalue weighted by molar-refractivity contribution is 5.64. The second-order valence-electron chi connectivity index (χ2n) is 5.48. The molecule has 0 spiro atoms. The number of anilines is 4. The summed E-state index contributed by atoms with van der Waals surface area (Å²) in [5.74, 6) is 1.74. The Morgan fingerprint density at radius 2 is 1.67 bits per heavy atom. The van der Waals surface area contributed by atoms with Crippen LogP contribution in [0.2, 0.25) is 0 Å². The van der Waals surface area contributed by atoms with Gasteiger partial charge in [-0.25, -0.2) is 0 Å². The van der Waals surface area contributed by atoms with Gasteiger partial charge in [-0.1, -0.05) is 23.8 Å². The van der Waals surface area contributed by atoms with E-state index in [1.807, 2.05) is 56.3 Å². The number of benzene rings is 2. The Morgan fingerprint density at radius 3 is 2.42 bits per heavy atom. The fourth-order valence-electron chi connectivity index (χ4n) is 2.24. The Morgan fingerprint density at radius 1 is 0.917 bits per heavy atom. The third-order valence-corrected chi connectivity index (χ3v) is 3.48. The van der Waals surface area contributed by atoms with Crippen LogP contribution in [0.5, 0.6) is 5.75 Å². The summed E-state index contributed by atoms with van der Waals surface area (Å²) in [4.78, 5) is 4.44. The van der Waals surface area contributed by atoms with Crippen LogP contribution in [0, 0.1) is 13.8 Å². The van der Waals surface area contributed by atoms with Gasteiger partial charge in [-0.15, -0.1) is 5.10 Å². The molecular weight excluding hydrogens is 302 g/mol. The Balaban J connectivity index is 1.80. The Hall–Kier alpha value is -3.15. The van der Waals surface area contributed by atoms with E-state index in [1.165, 1.54) is 5.56 Å². The van der Waals surface area contributed by atoms with Crippen LogP contribution >= 0.6 is 0 Å². The smallest absolute Gasteiger partial charge is 0.249 e. The van der Waals surface area contributed by atoms with Gasteiger partial charge in [0.05, 0.1) is 19.0 Å². The van der Waals surface area contributed by atoms with E-state index in [1.54, 1.807) is 13.3 Å². The minimum atomic E-state index is 0.399. The summed E-state index contributed by atoms with van der Waals surface area (Å²) in [6, 6.07) is 13.9. The molecule has 0 bridgehead atoms. The molecule has 1 heterocycles. The number of rotatable bonds is 5. The number of hydrogen-bond acceptors (Lipinski definition) is 6. The first kappa shape index (κ1) is 15.7. The molecule has 1 aromatic heterocycles. The lowest BCUT2D eigenvalue weighted by molar-refractivity contribution is 0.416. The third kappa shape index (κ3) is 3.78. The molecule has 0 unspecified atom stereocenters. The van der Waals surface area contributed by atoms with Crippen molar-refractivity contribution in [2.75, 3.05) is 17.7 Å². The summed E-state index contributed by atoms with van der Waals surface area (Å²) in [7, 11) is 1.63. The number of methoxy groups -OCH3 is 1. The molecule has 24 heavy (non-hydrogen) atoms. The maximum Gasteiger partial charge on any atom is 0.249 e. The molecule has 0 radical (unpaired) electrons. The average molecular weight is 321 g/mol. The van der Waals surface area contributed by atoms with Crippen LogP contribution in [0.3, 0.4) is 0 Å². The zero-order chi connectivity index (χ0) is 16.9. The highest BCUT2D eigenvalue weighted by atomic mass is 16.5. The Bertz CT molecular complexity index is 833. The van der Waals surface area contributed by atoms with Crippen molar-refractivity contribution in [3.63, 3.8) is 0 Å². The van der Waals surface area contributed by atoms with E-state index in [0.29, 0.717) is 11.8 Å². The predicted molar refractivity (Wildman–Crippen MR) is 95.3 cm³/mol. The van der Waals surface area contributed by atoms with Crippen LogP contribution in [0.25, 0.3) is 0 Å². The van der Waals surface area contributed by atoms with Gasteiger partial charge in [-0.3, -0.25) is 0 Å². The molecule has 6 nitrogen and oxygen atoms in total. The van der Waals surface area contributed by atoms with Crippen molar-refractivity contribution in [3.05, 3.63) is 59.8 Å². The van der Waals surface area contributed by atoms with Crippen LogP contribution in [0.4, 0.5) is 23.1 Å². The molecule has 0 saturated carbocycles. The van der Waals surface area contributed by atoms with Crippen molar-refractivity contribution in [1.82, 2.24) is 15.2 Å². The maximum absolute atomic E-state index is 5.36. The average Bonchev–Trinajstić information content (AvgIpc) is 2.58. The number of aromatic nitrogens is 3. The van der Waals surface area contributed by atoms with Gasteiger partial charge in [0.1, 0.15) is 5.75 Å². The van der Waals surface area contributed by atoms with Crippen LogP contribution in [0.1, 0.15) is 11.1 Å². The number of ether oxygens (including phenoxy) is 1. The van der Waals surface area contributed by atoms with E-state index in [2.05, 4.69) is 25.8 Å². The summed E-state index contributed by atoms with van der Waals surface area (Å²) < 4.78 is 5.36. The Kier molecular flexibility index (Phi) is 4.56. The van der Waals surface area contributed by atoms with Crippen LogP contribution in [0.15, 0.2) is 48.7 Å². The van der Waals surface area contributed by atoms with E-state index in [9.17, 15) is 0 Å². The zero-order valence-electron chi connectivity index (χ0n) is 13.9. The second-order valence-corrected chi connectivity index (χ2v) is 5.48. The Labute approximate surface area is 140 Å². The maximum atomic E-state index is 5.36. The first-order chi connectivity index (χ1) is 11.6. The molecule has 2 N–H and O–H groups in total. The summed E-state index contributed by atoms with van der Waals surface area (Å²) in [5, 5.41) is 14.4. The molecule has 0 aliphatic carbocycles. The van der Waals surface area contributed by atoms with Crippen LogP contribution in [-0.2, 0) is 0 Å². The first-order valence-electron chi connectivity index (χ1n) is 7.59. The molecule has 0 aliphatic rings. The summed E-state index contributed by atoms with van der Waals surface area (Å²) in [6.07, 6.45) is 1.58. The SMILES string of the molecule is COc1ccc(C)cc1Nc1nncc(Nc2ccc(C)cc2)n1. The molecule has 0 saturated heterocycles. The molecule has 0 aliphatic heterocycles. The molecular formula is C18H19N5O. The van der Waals surface area contributed by atoms with Crippen LogP contribution < -0.4 is 15.4 Å². The van der Waals surface area contributed by atoms with Gasteiger partial charge < -0.3 is 15.4 Å². The van der Waals surface area contributed by atoms with Crippen molar-refractivity contribution in [3.8, 4) is 5.75 Å². The number of nitrogens with one attached hydrogen (secondary N) is 2. The lowest BCUT2D eigenvalue weighted by Crippen LogP contribution is -2.03. The molecule has 0 fully saturated rings. The highest BCUT2D eigenvalue weighted by Gasteiger charge is 2.07. The summed E-state index contributed by atoms with van der Waals surface area (Å²) in [6.45, 7) is 4.06. The van der Waals surface area contributed by atoms with Gasteiger partial charge in [-0.05, 0) is 43.7 Å². The van der Waals surface area contributed by atoms with E-state index in [4.69, 9.17) is 4.74 Å². The van der Waals surface area contributed by atoms with Gasteiger partial charge in [0.2, 0.25) is 5.95 Å². The standard InChI is InChI=1S/C18H19N5O/c1-12-4-7-14(8-5-12)20-17-11-19-23-18(22-17)21-15-10-13(2)6-9-16(15)24-3/h4-11H,1-3H3,(H2,20,21,22,23). The van der Waals surface area contributed by atoms with Crippen molar-refractivity contribution >= 4 is 23.1 Å². The lowest BCUT2D eigenvalue weighted by Gasteiger charge is -2.11. The van der Waals surface area contributed by atoms with Gasteiger partial charge >= 0.3 is 0 Å². The second kappa shape index (κ2) is 6.95. The van der Waals surface area contributed by atoms with Crippen molar-refractivity contribution in [2.45, 2.75) is 13.8 Å². The summed E-state index contributed by atoms with van der Waals surface area (Å²) >= 11 is 0. The van der Waals surface area contributed by atoms with E-state index in [0.717, 1.165) is 22.7 Å². The first-order valence-corrected chi connectivity index (χ1v) is 7.59. The fraction of sp³-hybridized carbons (Fsp3) is 0.167. The quantitative estimate of drug-likeness (QED) is 0.740. The highest BCUT2D eigenvalue weighted by Crippen LogP contribution is 2.27. The van der Waals surface area contributed by atoms with Gasteiger partial charge in [-0.2, -0.15) is 10.1 Å². The topological polar surface area (TPSA) is 72.0 Å². The molecule has 3 aromatic rings. The number of nitrogens with zero attached hydrogens (tertiary/aromatic N) is 3. The number of aryl methyl sites for hydroxylation is 2. The van der Waals surface area contributed by atoms with E-state index < -0.39 is 0 Å². The minimum Gasteiger partial charge on any atom is -0.495 e. The van der Waals surface area contributed by atoms with Gasteiger partial charge in [0.25, 0.3) is 0 Å². The summed E-state index contributed by atoms with van der Waals surface area (Å²) in [5.41, 5.74) is 4.06. The van der Waals surface area contributed by atoms with Crippen molar-refractivity contribution in [2.24, 2.45) is 0 Å². The predicted octanol–water partition coefficient (Wildman–Crippen LogP) is 3.98. The molecule has 6 heteroatoms. The molecule has 2 aromatic carbocycles. The van der Waals surface area contributed by atoms with Gasteiger partial charge in [0.15, 0.2) is 5.82 Å². The number of hydrogen-bond donors (Lipinski definition) is 2. The largest absolute Gasteiger partial charge is 0.495 e. The molecule has 0 atom stereocenters. The van der Waals surface area contributed by atoms with Crippen molar-refractivity contribution in [1.29, 1.82) is 0 Å². The van der Waals surface area contributed by atoms with Crippen molar-refractivity contribution < 1.29 is 4.74 Å².